The van der Waals surface area contributed by atoms with Gasteiger partial charge in [-0.2, -0.15) is 26.3 Å². The standard InChI is InChI=1S/C17H25N3O3.2C2HF3O2/c1-22-11-8-19-16(21)17-5-10-23-15(17)4-9-20(13-17)12-14-2-6-18-7-3-14;2*3-2(4,5)1(6)7/h2-3,6-7,15H,4-5,8-13H2,1H3,(H,19,21);2*(H,6,7)/t15-,17-;;/m1../s1. The maximum absolute atomic E-state index is 12.8. The molecule has 2 fully saturated rings. The molecule has 0 unspecified atom stereocenters. The van der Waals surface area contributed by atoms with Crippen molar-refractivity contribution < 1.29 is 60.4 Å². The molecular formula is C21H27F6N3O7. The molecule has 0 saturated carbocycles. The van der Waals surface area contributed by atoms with Gasteiger partial charge in [-0.15, -0.1) is 0 Å². The van der Waals surface area contributed by atoms with E-state index >= 15 is 0 Å². The summed E-state index contributed by atoms with van der Waals surface area (Å²) in [5, 5.41) is 17.3. The molecule has 10 nitrogen and oxygen atoms in total. The third-order valence-electron chi connectivity index (χ3n) is 5.38. The lowest BCUT2D eigenvalue weighted by molar-refractivity contribution is -0.193. The molecule has 0 spiro atoms. The lowest BCUT2D eigenvalue weighted by Crippen LogP contribution is -2.57. The largest absolute Gasteiger partial charge is 0.490 e. The number of nitrogens with zero attached hydrogens (tertiary/aromatic N) is 2. The number of aromatic nitrogens is 1. The zero-order valence-electron chi connectivity index (χ0n) is 19.6. The number of piperidine rings is 1. The quantitative estimate of drug-likeness (QED) is 0.361. The number of methoxy groups -OCH3 is 1. The molecule has 0 radical (unpaired) electrons. The number of rotatable bonds is 6. The van der Waals surface area contributed by atoms with Crippen molar-refractivity contribution in [3.63, 3.8) is 0 Å². The highest BCUT2D eigenvalue weighted by atomic mass is 19.4. The summed E-state index contributed by atoms with van der Waals surface area (Å²) in [6.45, 7) is 4.31. The van der Waals surface area contributed by atoms with Crippen molar-refractivity contribution in [1.29, 1.82) is 0 Å². The van der Waals surface area contributed by atoms with Gasteiger partial charge in [-0.05, 0) is 30.5 Å². The number of carbonyl (C=O) groups excluding carboxylic acids is 1. The van der Waals surface area contributed by atoms with Crippen molar-refractivity contribution in [2.24, 2.45) is 5.41 Å². The van der Waals surface area contributed by atoms with Crippen LogP contribution < -0.4 is 5.32 Å². The first-order valence-electron chi connectivity index (χ1n) is 10.7. The van der Waals surface area contributed by atoms with Gasteiger partial charge in [0.2, 0.25) is 5.91 Å². The Hall–Kier alpha value is -2.98. The number of halogens is 6. The first kappa shape index (κ1) is 32.0. The number of aliphatic carboxylic acids is 2. The molecule has 37 heavy (non-hydrogen) atoms. The van der Waals surface area contributed by atoms with E-state index in [2.05, 4.69) is 15.2 Å². The van der Waals surface area contributed by atoms with Crippen LogP contribution in [0.5, 0.6) is 0 Å². The van der Waals surface area contributed by atoms with Crippen LogP contribution in [-0.4, -0.2) is 96.4 Å². The summed E-state index contributed by atoms with van der Waals surface area (Å²) in [5.41, 5.74) is 0.811. The van der Waals surface area contributed by atoms with Crippen LogP contribution in [0.15, 0.2) is 24.5 Å². The number of ether oxygens (including phenoxy) is 2. The number of fused-ring (bicyclic) bond motifs is 1. The number of carboxylic acids is 2. The van der Waals surface area contributed by atoms with Gasteiger partial charge in [0.1, 0.15) is 0 Å². The Bertz CT molecular complexity index is 862. The highest BCUT2D eigenvalue weighted by Gasteiger charge is 2.53. The monoisotopic (exact) mass is 547 g/mol. The number of nitrogens with one attached hydrogen (secondary N) is 1. The van der Waals surface area contributed by atoms with Crippen LogP contribution >= 0.6 is 0 Å². The molecule has 1 aromatic rings. The summed E-state index contributed by atoms with van der Waals surface area (Å²) in [7, 11) is 1.64. The van der Waals surface area contributed by atoms with Gasteiger partial charge in [0.25, 0.3) is 0 Å². The molecule has 3 N–H and O–H groups in total. The Labute approximate surface area is 207 Å². The predicted molar refractivity (Wildman–Crippen MR) is 113 cm³/mol. The molecule has 3 heterocycles. The molecule has 2 aliphatic rings. The second-order valence-corrected chi connectivity index (χ2v) is 7.97. The van der Waals surface area contributed by atoms with Crippen LogP contribution in [0.1, 0.15) is 18.4 Å². The predicted octanol–water partition coefficient (Wildman–Crippen LogP) is 2.09. The maximum Gasteiger partial charge on any atom is 0.490 e. The minimum Gasteiger partial charge on any atom is -0.475 e. The van der Waals surface area contributed by atoms with E-state index in [1.165, 1.54) is 5.56 Å². The third kappa shape index (κ3) is 10.5. The lowest BCUT2D eigenvalue weighted by atomic mass is 9.75. The van der Waals surface area contributed by atoms with Crippen molar-refractivity contribution in [2.75, 3.05) is 40.0 Å². The Morgan fingerprint density at radius 3 is 2.16 bits per heavy atom. The van der Waals surface area contributed by atoms with Crippen LogP contribution in [0.2, 0.25) is 0 Å². The molecule has 1 aromatic heterocycles. The second-order valence-electron chi connectivity index (χ2n) is 7.97. The molecule has 2 saturated heterocycles. The van der Waals surface area contributed by atoms with Crippen molar-refractivity contribution in [3.05, 3.63) is 30.1 Å². The minimum absolute atomic E-state index is 0.0405. The summed E-state index contributed by atoms with van der Waals surface area (Å²) in [4.78, 5) is 37.0. The van der Waals surface area contributed by atoms with Gasteiger partial charge < -0.3 is 25.0 Å². The molecule has 1 amide bonds. The van der Waals surface area contributed by atoms with Gasteiger partial charge in [-0.3, -0.25) is 14.7 Å². The summed E-state index contributed by atoms with van der Waals surface area (Å²) in [6, 6.07) is 4.06. The highest BCUT2D eigenvalue weighted by Crippen LogP contribution is 2.41. The average molecular weight is 547 g/mol. The molecule has 0 aliphatic carbocycles. The van der Waals surface area contributed by atoms with Crippen LogP contribution in [0.25, 0.3) is 0 Å². The van der Waals surface area contributed by atoms with Gasteiger partial charge >= 0.3 is 24.3 Å². The number of likely N-dealkylation sites (tertiary alicyclic amines) is 1. The Morgan fingerprint density at radius 2 is 1.68 bits per heavy atom. The highest BCUT2D eigenvalue weighted by molar-refractivity contribution is 5.84. The van der Waals surface area contributed by atoms with Gasteiger partial charge in [0, 0.05) is 52.3 Å². The van der Waals surface area contributed by atoms with E-state index in [9.17, 15) is 31.1 Å². The van der Waals surface area contributed by atoms with Crippen LogP contribution in [-0.2, 0) is 30.4 Å². The molecule has 2 aliphatic heterocycles. The number of carboxylic acid groups (broad SMARTS) is 2. The third-order valence-corrected chi connectivity index (χ3v) is 5.38. The van der Waals surface area contributed by atoms with Crippen molar-refractivity contribution in [3.8, 4) is 0 Å². The van der Waals surface area contributed by atoms with Crippen LogP contribution in [0.4, 0.5) is 26.3 Å². The number of hydrogen-bond acceptors (Lipinski definition) is 7. The SMILES string of the molecule is COCCNC(=O)[C@@]12CCO[C@@H]1CCN(Cc1ccncc1)C2.O=C(O)C(F)(F)F.O=C(O)C(F)(F)F. The van der Waals surface area contributed by atoms with E-state index in [1.54, 1.807) is 7.11 Å². The lowest BCUT2D eigenvalue weighted by Gasteiger charge is -2.42. The summed E-state index contributed by atoms with van der Waals surface area (Å²) in [5.74, 6) is -5.41. The van der Waals surface area contributed by atoms with Crippen LogP contribution in [0, 0.1) is 5.41 Å². The first-order chi connectivity index (χ1) is 17.1. The van der Waals surface area contributed by atoms with E-state index < -0.39 is 29.7 Å². The number of pyridine rings is 1. The molecule has 210 valence electrons. The zero-order chi connectivity index (χ0) is 28.3. The number of carbonyl (C=O) groups is 3. The molecule has 16 heteroatoms. The fraction of sp³-hybridized carbons (Fsp3) is 0.619. The second kappa shape index (κ2) is 14.1. The van der Waals surface area contributed by atoms with Gasteiger partial charge in [-0.1, -0.05) is 0 Å². The maximum atomic E-state index is 12.8. The molecule has 0 aromatic carbocycles. The average Bonchev–Trinajstić information content (AvgIpc) is 3.24. The first-order valence-corrected chi connectivity index (χ1v) is 10.7. The van der Waals surface area contributed by atoms with E-state index in [-0.39, 0.29) is 12.0 Å². The Balaban J connectivity index is 0.000000404. The topological polar surface area (TPSA) is 138 Å². The summed E-state index contributed by atoms with van der Waals surface area (Å²) >= 11 is 0. The van der Waals surface area contributed by atoms with Crippen molar-refractivity contribution >= 4 is 17.8 Å². The Morgan fingerprint density at radius 1 is 1.14 bits per heavy atom. The van der Waals surface area contributed by atoms with Gasteiger partial charge in [-0.25, -0.2) is 9.59 Å². The fourth-order valence-corrected chi connectivity index (χ4v) is 3.68. The molecular weight excluding hydrogens is 520 g/mol. The normalized spacial score (nSPS) is 21.4. The van der Waals surface area contributed by atoms with E-state index in [0.29, 0.717) is 19.8 Å². The zero-order valence-corrected chi connectivity index (χ0v) is 19.6. The van der Waals surface area contributed by atoms with Crippen molar-refractivity contribution in [2.45, 2.75) is 37.8 Å². The molecule has 2 atom stereocenters. The summed E-state index contributed by atoms with van der Waals surface area (Å²) < 4.78 is 74.4. The van der Waals surface area contributed by atoms with E-state index in [4.69, 9.17) is 29.3 Å². The van der Waals surface area contributed by atoms with Crippen LogP contribution in [0.3, 0.4) is 0 Å². The number of amides is 1. The number of alkyl halides is 6. The van der Waals surface area contributed by atoms with E-state index in [1.807, 2.05) is 24.5 Å². The smallest absolute Gasteiger partial charge is 0.475 e. The van der Waals surface area contributed by atoms with Crippen molar-refractivity contribution in [1.82, 2.24) is 15.2 Å². The van der Waals surface area contributed by atoms with Gasteiger partial charge in [0.15, 0.2) is 0 Å². The fourth-order valence-electron chi connectivity index (χ4n) is 3.68. The minimum atomic E-state index is -5.08. The van der Waals surface area contributed by atoms with Gasteiger partial charge in [0.05, 0.1) is 18.1 Å². The Kier molecular flexibility index (Phi) is 12.2. The number of hydrogen-bond donors (Lipinski definition) is 3. The van der Waals surface area contributed by atoms with E-state index in [0.717, 1.165) is 32.5 Å². The molecule has 0 bridgehead atoms. The summed E-state index contributed by atoms with van der Waals surface area (Å²) in [6.07, 6.45) is -4.80. The molecule has 3 rings (SSSR count).